The van der Waals surface area contributed by atoms with Crippen molar-refractivity contribution in [3.63, 3.8) is 0 Å². The van der Waals surface area contributed by atoms with Gasteiger partial charge in [-0.2, -0.15) is 0 Å². The summed E-state index contributed by atoms with van der Waals surface area (Å²) in [7, 11) is 0. The van der Waals surface area contributed by atoms with Crippen LogP contribution in [0.5, 0.6) is 0 Å². The van der Waals surface area contributed by atoms with Crippen molar-refractivity contribution in [2.75, 3.05) is 0 Å². The van der Waals surface area contributed by atoms with Crippen molar-refractivity contribution in [1.29, 1.82) is 0 Å². The van der Waals surface area contributed by atoms with Crippen LogP contribution in [-0.2, 0) is 6.42 Å². The van der Waals surface area contributed by atoms with E-state index in [1.807, 2.05) is 24.3 Å². The molecule has 0 unspecified atom stereocenters. The average Bonchev–Trinajstić information content (AvgIpc) is 2.48. The lowest BCUT2D eigenvalue weighted by Gasteiger charge is -2.12. The summed E-state index contributed by atoms with van der Waals surface area (Å²) in [5, 5.41) is 0.825. The molecule has 0 saturated carbocycles. The Labute approximate surface area is 143 Å². The third-order valence-electron chi connectivity index (χ3n) is 3.59. The number of nitrogens with two attached hydrogens (primary N) is 1. The van der Waals surface area contributed by atoms with Crippen molar-refractivity contribution >= 4 is 39.7 Å². The highest BCUT2D eigenvalue weighted by atomic mass is 35.5. The molecule has 0 radical (unpaired) electrons. The average molecular weight is 344 g/mol. The van der Waals surface area contributed by atoms with E-state index in [1.54, 1.807) is 29.7 Å². The second-order valence-electron chi connectivity index (χ2n) is 5.24. The van der Waals surface area contributed by atoms with Crippen molar-refractivity contribution in [3.05, 3.63) is 69.2 Å². The molecule has 3 rings (SSSR count). The SMILES string of the molecule is Cc1nc2cccc(Cl)c2c(=O)n1-c1ccc(CC(N)=S)cc1. The van der Waals surface area contributed by atoms with Crippen molar-refractivity contribution in [2.24, 2.45) is 5.73 Å². The quantitative estimate of drug-likeness (QED) is 0.742. The minimum Gasteiger partial charge on any atom is -0.393 e. The summed E-state index contributed by atoms with van der Waals surface area (Å²) in [6, 6.07) is 12.8. The fourth-order valence-electron chi connectivity index (χ4n) is 2.57. The molecule has 0 spiro atoms. The molecule has 1 aromatic heterocycles. The lowest BCUT2D eigenvalue weighted by Crippen LogP contribution is -2.22. The largest absolute Gasteiger partial charge is 0.393 e. The van der Waals surface area contributed by atoms with Gasteiger partial charge >= 0.3 is 0 Å². The number of hydrogen-bond donors (Lipinski definition) is 1. The first kappa shape index (κ1) is 15.6. The molecule has 23 heavy (non-hydrogen) atoms. The lowest BCUT2D eigenvalue weighted by atomic mass is 10.1. The van der Waals surface area contributed by atoms with Crippen LogP contribution in [0.4, 0.5) is 0 Å². The van der Waals surface area contributed by atoms with Crippen LogP contribution in [0.2, 0.25) is 5.02 Å². The molecular formula is C17H14ClN3OS. The Balaban J connectivity index is 2.18. The number of hydrogen-bond acceptors (Lipinski definition) is 3. The van der Waals surface area contributed by atoms with E-state index >= 15 is 0 Å². The van der Waals surface area contributed by atoms with Crippen LogP contribution < -0.4 is 11.3 Å². The van der Waals surface area contributed by atoms with Crippen molar-refractivity contribution < 1.29 is 0 Å². The predicted octanol–water partition coefficient (Wildman–Crippen LogP) is 3.18. The maximum atomic E-state index is 12.8. The second kappa shape index (κ2) is 6.10. The highest BCUT2D eigenvalue weighted by molar-refractivity contribution is 7.80. The van der Waals surface area contributed by atoms with Gasteiger partial charge < -0.3 is 5.73 Å². The Bertz CT molecular complexity index is 964. The van der Waals surface area contributed by atoms with Crippen LogP contribution in [0, 0.1) is 6.92 Å². The summed E-state index contributed by atoms with van der Waals surface area (Å²) in [4.78, 5) is 17.7. The van der Waals surface area contributed by atoms with E-state index in [4.69, 9.17) is 29.6 Å². The summed E-state index contributed by atoms with van der Waals surface area (Å²) in [5.41, 5.74) is 7.70. The molecule has 116 valence electrons. The third kappa shape index (κ3) is 2.98. The maximum absolute atomic E-state index is 12.8. The standard InChI is InChI=1S/C17H14ClN3OS/c1-10-20-14-4-2-3-13(18)16(14)17(22)21(10)12-7-5-11(6-8-12)9-15(19)23/h2-8H,9H2,1H3,(H2,19,23). The van der Waals surface area contributed by atoms with Gasteiger partial charge in [-0.05, 0) is 36.8 Å². The van der Waals surface area contributed by atoms with E-state index in [1.165, 1.54) is 0 Å². The van der Waals surface area contributed by atoms with Gasteiger partial charge in [-0.1, -0.05) is 42.0 Å². The summed E-state index contributed by atoms with van der Waals surface area (Å²) < 4.78 is 1.55. The van der Waals surface area contributed by atoms with Gasteiger partial charge in [-0.25, -0.2) is 4.98 Å². The van der Waals surface area contributed by atoms with Crippen LogP contribution in [0.3, 0.4) is 0 Å². The van der Waals surface area contributed by atoms with Gasteiger partial charge in [0.05, 0.1) is 26.6 Å². The van der Waals surface area contributed by atoms with Gasteiger partial charge in [-0.3, -0.25) is 9.36 Å². The number of fused-ring (bicyclic) bond motifs is 1. The summed E-state index contributed by atoms with van der Waals surface area (Å²) in [6.45, 7) is 1.80. The maximum Gasteiger partial charge on any atom is 0.267 e. The van der Waals surface area contributed by atoms with Crippen molar-refractivity contribution in [3.8, 4) is 5.69 Å². The predicted molar refractivity (Wildman–Crippen MR) is 97.6 cm³/mol. The number of aromatic nitrogens is 2. The van der Waals surface area contributed by atoms with Gasteiger partial charge in [0.1, 0.15) is 5.82 Å². The number of aryl methyl sites for hydroxylation is 1. The Morgan fingerprint density at radius 2 is 1.96 bits per heavy atom. The molecule has 1 heterocycles. The molecule has 0 aliphatic carbocycles. The van der Waals surface area contributed by atoms with Crippen LogP contribution in [0.15, 0.2) is 47.3 Å². The summed E-state index contributed by atoms with van der Waals surface area (Å²) in [6.07, 6.45) is 0.533. The van der Waals surface area contributed by atoms with E-state index in [2.05, 4.69) is 4.98 Å². The third-order valence-corrected chi connectivity index (χ3v) is 4.05. The molecular weight excluding hydrogens is 330 g/mol. The zero-order chi connectivity index (χ0) is 16.6. The lowest BCUT2D eigenvalue weighted by molar-refractivity contribution is 0.894. The monoisotopic (exact) mass is 343 g/mol. The minimum atomic E-state index is -0.180. The smallest absolute Gasteiger partial charge is 0.267 e. The molecule has 0 aliphatic heterocycles. The van der Waals surface area contributed by atoms with Crippen LogP contribution in [0.1, 0.15) is 11.4 Å². The summed E-state index contributed by atoms with van der Waals surface area (Å²) >= 11 is 11.1. The molecule has 0 amide bonds. The van der Waals surface area contributed by atoms with E-state index in [9.17, 15) is 4.79 Å². The van der Waals surface area contributed by atoms with E-state index in [-0.39, 0.29) is 5.56 Å². The number of halogens is 1. The molecule has 0 atom stereocenters. The van der Waals surface area contributed by atoms with Crippen LogP contribution in [-0.4, -0.2) is 14.5 Å². The van der Waals surface area contributed by atoms with Gasteiger partial charge in [0.25, 0.3) is 5.56 Å². The summed E-state index contributed by atoms with van der Waals surface area (Å²) in [5.74, 6) is 0.604. The van der Waals surface area contributed by atoms with Crippen LogP contribution >= 0.6 is 23.8 Å². The first-order valence-corrected chi connectivity index (χ1v) is 7.81. The Hall–Kier alpha value is -2.24. The highest BCUT2D eigenvalue weighted by Crippen LogP contribution is 2.20. The number of rotatable bonds is 3. The fraction of sp³-hybridized carbons (Fsp3) is 0.118. The molecule has 0 aliphatic rings. The van der Waals surface area contributed by atoms with E-state index in [0.29, 0.717) is 33.2 Å². The number of nitrogens with zero attached hydrogens (tertiary/aromatic N) is 2. The van der Waals surface area contributed by atoms with Crippen molar-refractivity contribution in [2.45, 2.75) is 13.3 Å². The van der Waals surface area contributed by atoms with E-state index < -0.39 is 0 Å². The fourth-order valence-corrected chi connectivity index (χ4v) is 2.99. The van der Waals surface area contributed by atoms with Gasteiger partial charge in [0.15, 0.2) is 0 Å². The Morgan fingerprint density at radius 3 is 2.61 bits per heavy atom. The Kier molecular flexibility index (Phi) is 4.15. The molecule has 0 saturated heterocycles. The zero-order valence-corrected chi connectivity index (χ0v) is 14.0. The zero-order valence-electron chi connectivity index (χ0n) is 12.4. The van der Waals surface area contributed by atoms with Gasteiger partial charge in [0.2, 0.25) is 0 Å². The molecule has 2 aromatic carbocycles. The van der Waals surface area contributed by atoms with Crippen molar-refractivity contribution in [1.82, 2.24) is 9.55 Å². The molecule has 4 nitrogen and oxygen atoms in total. The normalized spacial score (nSPS) is 10.9. The first-order valence-electron chi connectivity index (χ1n) is 7.03. The molecule has 0 bridgehead atoms. The van der Waals surface area contributed by atoms with Gasteiger partial charge in [0, 0.05) is 6.42 Å². The topological polar surface area (TPSA) is 60.9 Å². The van der Waals surface area contributed by atoms with E-state index in [0.717, 1.165) is 11.3 Å². The van der Waals surface area contributed by atoms with Crippen LogP contribution in [0.25, 0.3) is 16.6 Å². The minimum absolute atomic E-state index is 0.180. The molecule has 0 fully saturated rings. The number of benzene rings is 2. The Morgan fingerprint density at radius 1 is 1.26 bits per heavy atom. The highest BCUT2D eigenvalue weighted by Gasteiger charge is 2.12. The number of thiocarbonyl (C=S) groups is 1. The second-order valence-corrected chi connectivity index (χ2v) is 6.17. The van der Waals surface area contributed by atoms with Gasteiger partial charge in [-0.15, -0.1) is 0 Å². The molecule has 3 aromatic rings. The molecule has 6 heteroatoms. The first-order chi connectivity index (χ1) is 11.0. The molecule has 2 N–H and O–H groups in total.